The number of nitrogens with zero attached hydrogens (tertiary/aromatic N) is 1. The Kier molecular flexibility index (Phi) is 5.21. The Hall–Kier alpha value is -1.14. The van der Waals surface area contributed by atoms with Gasteiger partial charge in [-0.1, -0.05) is 22.9 Å². The SMILES string of the molecule is CCCN=C(NN)Nc1cc(Br)ccc1F. The second-order valence-corrected chi connectivity index (χ2v) is 4.04. The van der Waals surface area contributed by atoms with Gasteiger partial charge in [0.15, 0.2) is 0 Å². The summed E-state index contributed by atoms with van der Waals surface area (Å²) in [6, 6.07) is 4.60. The van der Waals surface area contributed by atoms with Gasteiger partial charge in [-0.15, -0.1) is 0 Å². The van der Waals surface area contributed by atoms with Crippen molar-refractivity contribution in [1.82, 2.24) is 5.43 Å². The van der Waals surface area contributed by atoms with Crippen LogP contribution < -0.4 is 16.6 Å². The fourth-order valence-corrected chi connectivity index (χ4v) is 1.43. The number of rotatable bonds is 3. The number of halogens is 2. The molecule has 0 spiro atoms. The van der Waals surface area contributed by atoms with Crippen LogP contribution in [0.1, 0.15) is 13.3 Å². The smallest absolute Gasteiger partial charge is 0.210 e. The molecule has 0 amide bonds. The molecule has 0 unspecified atom stereocenters. The first kappa shape index (κ1) is 12.9. The van der Waals surface area contributed by atoms with Crippen molar-refractivity contribution in [2.45, 2.75) is 13.3 Å². The fraction of sp³-hybridized carbons (Fsp3) is 0.300. The van der Waals surface area contributed by atoms with E-state index in [0.717, 1.165) is 10.9 Å². The molecule has 1 rings (SSSR count). The van der Waals surface area contributed by atoms with Gasteiger partial charge in [-0.2, -0.15) is 0 Å². The first-order chi connectivity index (χ1) is 7.67. The second kappa shape index (κ2) is 6.44. The third-order valence-corrected chi connectivity index (χ3v) is 2.30. The molecule has 0 aliphatic heterocycles. The molecule has 0 heterocycles. The maximum atomic E-state index is 13.4. The molecule has 88 valence electrons. The number of guanidine groups is 1. The second-order valence-electron chi connectivity index (χ2n) is 3.12. The lowest BCUT2D eigenvalue weighted by atomic mass is 10.3. The molecular weight excluding hydrogens is 275 g/mol. The van der Waals surface area contributed by atoms with Gasteiger partial charge in [0, 0.05) is 11.0 Å². The summed E-state index contributed by atoms with van der Waals surface area (Å²) in [6.07, 6.45) is 0.897. The minimum absolute atomic E-state index is 0.321. The molecule has 0 aromatic heterocycles. The highest BCUT2D eigenvalue weighted by molar-refractivity contribution is 9.10. The summed E-state index contributed by atoms with van der Waals surface area (Å²) in [5.41, 5.74) is 2.71. The summed E-state index contributed by atoms with van der Waals surface area (Å²) in [4.78, 5) is 4.11. The average molecular weight is 289 g/mol. The highest BCUT2D eigenvalue weighted by Gasteiger charge is 2.04. The van der Waals surface area contributed by atoms with Crippen molar-refractivity contribution in [3.63, 3.8) is 0 Å². The normalized spacial score (nSPS) is 11.4. The molecule has 1 aromatic rings. The molecule has 0 aliphatic carbocycles. The predicted octanol–water partition coefficient (Wildman–Crippen LogP) is 2.23. The zero-order valence-corrected chi connectivity index (χ0v) is 10.5. The maximum Gasteiger partial charge on any atom is 0.210 e. The number of aliphatic imine (C=N–C) groups is 1. The largest absolute Gasteiger partial charge is 0.323 e. The van der Waals surface area contributed by atoms with Crippen LogP contribution in [0.2, 0.25) is 0 Å². The highest BCUT2D eigenvalue weighted by atomic mass is 79.9. The number of hydrogen-bond acceptors (Lipinski definition) is 2. The van der Waals surface area contributed by atoms with Crippen LogP contribution in [0.5, 0.6) is 0 Å². The van der Waals surface area contributed by atoms with E-state index in [0.29, 0.717) is 18.2 Å². The van der Waals surface area contributed by atoms with Crippen LogP contribution in [0.25, 0.3) is 0 Å². The van der Waals surface area contributed by atoms with Crippen LogP contribution in [-0.2, 0) is 0 Å². The zero-order valence-electron chi connectivity index (χ0n) is 8.93. The van der Waals surface area contributed by atoms with E-state index in [2.05, 4.69) is 31.7 Å². The zero-order chi connectivity index (χ0) is 12.0. The monoisotopic (exact) mass is 288 g/mol. The molecule has 0 radical (unpaired) electrons. The molecule has 0 aliphatic rings. The Bertz CT molecular complexity index is 381. The molecule has 0 saturated heterocycles. The van der Waals surface area contributed by atoms with E-state index in [1.165, 1.54) is 6.07 Å². The number of nitrogens with one attached hydrogen (secondary N) is 2. The van der Waals surface area contributed by atoms with Crippen molar-refractivity contribution in [1.29, 1.82) is 0 Å². The summed E-state index contributed by atoms with van der Waals surface area (Å²) >= 11 is 3.26. The van der Waals surface area contributed by atoms with E-state index in [9.17, 15) is 4.39 Å². The predicted molar refractivity (Wildman–Crippen MR) is 67.6 cm³/mol. The molecular formula is C10H14BrFN4. The summed E-state index contributed by atoms with van der Waals surface area (Å²) in [5, 5.41) is 2.78. The number of nitrogens with two attached hydrogens (primary N) is 1. The van der Waals surface area contributed by atoms with E-state index in [4.69, 9.17) is 5.84 Å². The van der Waals surface area contributed by atoms with E-state index in [1.54, 1.807) is 12.1 Å². The average Bonchev–Trinajstić information content (AvgIpc) is 2.28. The third-order valence-electron chi connectivity index (χ3n) is 1.81. The van der Waals surface area contributed by atoms with Gasteiger partial charge >= 0.3 is 0 Å². The maximum absolute atomic E-state index is 13.4. The van der Waals surface area contributed by atoms with Crippen molar-refractivity contribution in [3.8, 4) is 0 Å². The number of hydrazine groups is 1. The Morgan fingerprint density at radius 2 is 2.31 bits per heavy atom. The molecule has 4 nitrogen and oxygen atoms in total. The molecule has 0 bridgehead atoms. The summed E-state index contributed by atoms with van der Waals surface area (Å²) < 4.78 is 14.2. The minimum Gasteiger partial charge on any atom is -0.323 e. The molecule has 0 atom stereocenters. The van der Waals surface area contributed by atoms with E-state index in [1.807, 2.05) is 6.92 Å². The lowest BCUT2D eigenvalue weighted by Crippen LogP contribution is -2.36. The van der Waals surface area contributed by atoms with Gasteiger partial charge in [-0.3, -0.25) is 10.4 Å². The van der Waals surface area contributed by atoms with Gasteiger partial charge in [0.1, 0.15) is 5.82 Å². The van der Waals surface area contributed by atoms with Crippen molar-refractivity contribution in [2.75, 3.05) is 11.9 Å². The van der Waals surface area contributed by atoms with Gasteiger partial charge in [-0.05, 0) is 24.6 Å². The topological polar surface area (TPSA) is 62.4 Å². The Balaban J connectivity index is 2.81. The quantitative estimate of drug-likeness (QED) is 0.346. The van der Waals surface area contributed by atoms with Crippen LogP contribution in [0.3, 0.4) is 0 Å². The summed E-state index contributed by atoms with van der Waals surface area (Å²) in [5.74, 6) is 5.26. The van der Waals surface area contributed by atoms with Gasteiger partial charge < -0.3 is 5.32 Å². The van der Waals surface area contributed by atoms with Crippen LogP contribution in [0.15, 0.2) is 27.7 Å². The Morgan fingerprint density at radius 3 is 2.94 bits per heavy atom. The molecule has 6 heteroatoms. The molecule has 4 N–H and O–H groups in total. The van der Waals surface area contributed by atoms with Crippen LogP contribution >= 0.6 is 15.9 Å². The number of anilines is 1. The third kappa shape index (κ3) is 3.79. The standard InChI is InChI=1S/C10H14BrFN4/c1-2-5-14-10(16-13)15-9-6-7(11)3-4-8(9)12/h3-4,6H,2,5,13H2,1H3,(H2,14,15,16). The van der Waals surface area contributed by atoms with Crippen molar-refractivity contribution in [2.24, 2.45) is 10.8 Å². The van der Waals surface area contributed by atoms with Gasteiger partial charge in [-0.25, -0.2) is 10.2 Å². The Labute approximate surface area is 102 Å². The Morgan fingerprint density at radius 1 is 1.56 bits per heavy atom. The number of hydrogen-bond donors (Lipinski definition) is 3. The van der Waals surface area contributed by atoms with E-state index in [-0.39, 0.29) is 5.82 Å². The van der Waals surface area contributed by atoms with E-state index >= 15 is 0 Å². The fourth-order valence-electron chi connectivity index (χ4n) is 1.07. The lowest BCUT2D eigenvalue weighted by molar-refractivity contribution is 0.631. The van der Waals surface area contributed by atoms with Crippen LogP contribution in [0.4, 0.5) is 10.1 Å². The lowest BCUT2D eigenvalue weighted by Gasteiger charge is -2.10. The molecule has 16 heavy (non-hydrogen) atoms. The van der Waals surface area contributed by atoms with Gasteiger partial charge in [0.2, 0.25) is 5.96 Å². The molecule has 1 aromatic carbocycles. The minimum atomic E-state index is -0.359. The number of benzene rings is 1. The van der Waals surface area contributed by atoms with Crippen LogP contribution in [0, 0.1) is 5.82 Å². The summed E-state index contributed by atoms with van der Waals surface area (Å²) in [6.45, 7) is 2.62. The van der Waals surface area contributed by atoms with Crippen LogP contribution in [-0.4, -0.2) is 12.5 Å². The summed E-state index contributed by atoms with van der Waals surface area (Å²) in [7, 11) is 0. The first-order valence-electron chi connectivity index (χ1n) is 4.90. The first-order valence-corrected chi connectivity index (χ1v) is 5.69. The van der Waals surface area contributed by atoms with Gasteiger partial charge in [0.05, 0.1) is 5.69 Å². The van der Waals surface area contributed by atoms with Crippen molar-refractivity contribution < 1.29 is 4.39 Å². The molecule has 0 fully saturated rings. The van der Waals surface area contributed by atoms with Crippen molar-refractivity contribution in [3.05, 3.63) is 28.5 Å². The highest BCUT2D eigenvalue weighted by Crippen LogP contribution is 2.19. The molecule has 0 saturated carbocycles. The van der Waals surface area contributed by atoms with Gasteiger partial charge in [0.25, 0.3) is 0 Å². The van der Waals surface area contributed by atoms with E-state index < -0.39 is 0 Å². The van der Waals surface area contributed by atoms with Crippen molar-refractivity contribution >= 4 is 27.6 Å².